The van der Waals surface area contributed by atoms with Gasteiger partial charge in [0.1, 0.15) is 0 Å². The molecule has 0 atom stereocenters. The van der Waals surface area contributed by atoms with Crippen molar-refractivity contribution in [1.82, 2.24) is 9.97 Å². The van der Waals surface area contributed by atoms with E-state index in [9.17, 15) is 8.42 Å². The highest BCUT2D eigenvalue weighted by atomic mass is 32.2. The van der Waals surface area contributed by atoms with Crippen LogP contribution in [0.15, 0.2) is 41.1 Å². The van der Waals surface area contributed by atoms with Gasteiger partial charge < -0.3 is 0 Å². The number of sulfone groups is 1. The van der Waals surface area contributed by atoms with Crippen LogP contribution in [-0.2, 0) is 34.2 Å². The minimum Gasteiger partial charge on any atom is -0.246 e. The van der Waals surface area contributed by atoms with E-state index in [2.05, 4.69) is 22.1 Å². The maximum atomic E-state index is 12.3. The van der Waals surface area contributed by atoms with Crippen molar-refractivity contribution in [1.29, 1.82) is 0 Å². The summed E-state index contributed by atoms with van der Waals surface area (Å²) in [6.45, 7) is 1.88. The molecule has 0 amide bonds. The molecule has 24 heavy (non-hydrogen) atoms. The predicted molar refractivity (Wildman–Crippen MR) is 99.1 cm³/mol. The first-order valence-electron chi connectivity index (χ1n) is 7.59. The Morgan fingerprint density at radius 3 is 2.25 bits per heavy atom. The molecular formula is C17H18N2O2S3. The number of benzene rings is 1. The maximum absolute atomic E-state index is 12.3. The van der Waals surface area contributed by atoms with Crippen molar-refractivity contribution in [2.24, 2.45) is 0 Å². The lowest BCUT2D eigenvalue weighted by molar-refractivity contribution is 0.593. The van der Waals surface area contributed by atoms with Gasteiger partial charge >= 0.3 is 0 Å². The monoisotopic (exact) mass is 378 g/mol. The van der Waals surface area contributed by atoms with E-state index in [1.807, 2.05) is 30.5 Å². The lowest BCUT2D eigenvalue weighted by Crippen LogP contribution is -2.08. The van der Waals surface area contributed by atoms with Crippen LogP contribution in [0.2, 0.25) is 0 Å². The quantitative estimate of drug-likeness (QED) is 0.627. The minimum absolute atomic E-state index is 0.0196. The van der Waals surface area contributed by atoms with Gasteiger partial charge in [0.25, 0.3) is 0 Å². The third-order valence-corrected chi connectivity index (χ3v) is 6.72. The fraction of sp³-hybridized carbons (Fsp3) is 0.294. The summed E-state index contributed by atoms with van der Waals surface area (Å²) in [6, 6.07) is 10.2. The lowest BCUT2D eigenvalue weighted by Gasteiger charge is -2.00. The molecule has 2 heterocycles. The van der Waals surface area contributed by atoms with Crippen molar-refractivity contribution >= 4 is 32.5 Å². The lowest BCUT2D eigenvalue weighted by atomic mass is 10.1. The molecule has 0 saturated heterocycles. The molecule has 0 bridgehead atoms. The number of aryl methyl sites for hydroxylation is 3. The number of thiazole rings is 2. The predicted octanol–water partition coefficient (Wildman–Crippen LogP) is 3.81. The Morgan fingerprint density at radius 2 is 1.58 bits per heavy atom. The van der Waals surface area contributed by atoms with Crippen LogP contribution in [0.5, 0.6) is 0 Å². The van der Waals surface area contributed by atoms with Gasteiger partial charge in [-0.1, -0.05) is 30.3 Å². The molecule has 3 rings (SSSR count). The standard InChI is InChI=1S/C17H18N2O2S3/c1-13-18-15(9-22-13)11-24(20,21)12-16-10-23-17(19-16)8-7-14-5-3-2-4-6-14/h2-6,9-10H,7-8,11-12H2,1H3. The molecule has 0 radical (unpaired) electrons. The largest absolute Gasteiger partial charge is 0.246 e. The van der Waals surface area contributed by atoms with Gasteiger partial charge in [0.15, 0.2) is 9.84 Å². The zero-order valence-corrected chi connectivity index (χ0v) is 15.8. The van der Waals surface area contributed by atoms with E-state index in [4.69, 9.17) is 0 Å². The first kappa shape index (κ1) is 17.3. The van der Waals surface area contributed by atoms with Gasteiger partial charge in [-0.3, -0.25) is 0 Å². The average Bonchev–Trinajstić information content (AvgIpc) is 3.14. The molecule has 0 unspecified atom stereocenters. The molecule has 0 aliphatic carbocycles. The van der Waals surface area contributed by atoms with Crippen molar-refractivity contribution in [3.63, 3.8) is 0 Å². The molecule has 0 fully saturated rings. The molecule has 4 nitrogen and oxygen atoms in total. The molecule has 3 aromatic rings. The third kappa shape index (κ3) is 4.96. The Morgan fingerprint density at radius 1 is 0.917 bits per heavy atom. The molecule has 0 N–H and O–H groups in total. The third-order valence-electron chi connectivity index (χ3n) is 3.47. The summed E-state index contributed by atoms with van der Waals surface area (Å²) in [4.78, 5) is 8.71. The second-order valence-corrected chi connectivity index (χ2v) is 9.68. The Bertz CT molecular complexity index is 899. The molecule has 7 heteroatoms. The van der Waals surface area contributed by atoms with Gasteiger partial charge in [0, 0.05) is 17.2 Å². The van der Waals surface area contributed by atoms with E-state index in [-0.39, 0.29) is 11.5 Å². The van der Waals surface area contributed by atoms with Gasteiger partial charge in [-0.25, -0.2) is 18.4 Å². The smallest absolute Gasteiger partial charge is 0.161 e. The summed E-state index contributed by atoms with van der Waals surface area (Å²) >= 11 is 3.00. The maximum Gasteiger partial charge on any atom is 0.161 e. The van der Waals surface area contributed by atoms with Crippen LogP contribution < -0.4 is 0 Å². The molecular weight excluding hydrogens is 360 g/mol. The molecule has 0 aliphatic heterocycles. The van der Waals surface area contributed by atoms with Crippen molar-refractivity contribution in [3.8, 4) is 0 Å². The second kappa shape index (κ2) is 7.55. The van der Waals surface area contributed by atoms with E-state index in [1.54, 1.807) is 5.38 Å². The highest BCUT2D eigenvalue weighted by molar-refractivity contribution is 7.89. The first-order valence-corrected chi connectivity index (χ1v) is 11.2. The molecule has 0 saturated carbocycles. The SMILES string of the molecule is Cc1nc(CS(=O)(=O)Cc2csc(CCc3ccccc3)n2)cs1. The fourth-order valence-electron chi connectivity index (χ4n) is 2.40. The molecule has 0 spiro atoms. The zero-order chi connectivity index (χ0) is 17.0. The summed E-state index contributed by atoms with van der Waals surface area (Å²) in [5.74, 6) is -0.0420. The Labute approximate surface area is 150 Å². The number of hydrogen-bond donors (Lipinski definition) is 0. The van der Waals surface area contributed by atoms with E-state index >= 15 is 0 Å². The van der Waals surface area contributed by atoms with Gasteiger partial charge in [0.2, 0.25) is 0 Å². The van der Waals surface area contributed by atoms with E-state index < -0.39 is 9.84 Å². The Balaban J connectivity index is 1.59. The summed E-state index contributed by atoms with van der Waals surface area (Å²) < 4.78 is 24.6. The number of rotatable bonds is 7. The van der Waals surface area contributed by atoms with Crippen molar-refractivity contribution < 1.29 is 8.42 Å². The van der Waals surface area contributed by atoms with Crippen molar-refractivity contribution in [3.05, 3.63) is 68.1 Å². The van der Waals surface area contributed by atoms with Crippen LogP contribution in [0.25, 0.3) is 0 Å². The summed E-state index contributed by atoms with van der Waals surface area (Å²) in [5, 5.41) is 5.52. The zero-order valence-electron chi connectivity index (χ0n) is 13.3. The van der Waals surface area contributed by atoms with Crippen LogP contribution in [0.4, 0.5) is 0 Å². The van der Waals surface area contributed by atoms with Gasteiger partial charge in [0.05, 0.1) is 32.9 Å². The molecule has 2 aromatic heterocycles. The van der Waals surface area contributed by atoms with Crippen LogP contribution >= 0.6 is 22.7 Å². The van der Waals surface area contributed by atoms with Crippen LogP contribution in [-0.4, -0.2) is 18.4 Å². The summed E-state index contributed by atoms with van der Waals surface area (Å²) in [7, 11) is -3.24. The fourth-order valence-corrected chi connectivity index (χ4v) is 5.32. The van der Waals surface area contributed by atoms with Crippen LogP contribution in [0.3, 0.4) is 0 Å². The average molecular weight is 379 g/mol. The van der Waals surface area contributed by atoms with E-state index in [1.165, 1.54) is 28.2 Å². The van der Waals surface area contributed by atoms with Crippen LogP contribution in [0.1, 0.15) is 27.0 Å². The number of aromatic nitrogens is 2. The van der Waals surface area contributed by atoms with E-state index in [0.29, 0.717) is 11.4 Å². The Hall–Kier alpha value is -1.57. The van der Waals surface area contributed by atoms with Gasteiger partial charge in [-0.05, 0) is 18.9 Å². The number of nitrogens with zero attached hydrogens (tertiary/aromatic N) is 2. The highest BCUT2D eigenvalue weighted by Gasteiger charge is 2.17. The van der Waals surface area contributed by atoms with Gasteiger partial charge in [-0.2, -0.15) is 0 Å². The molecule has 1 aromatic carbocycles. The van der Waals surface area contributed by atoms with Gasteiger partial charge in [-0.15, -0.1) is 22.7 Å². The Kier molecular flexibility index (Phi) is 5.43. The van der Waals surface area contributed by atoms with E-state index in [0.717, 1.165) is 22.9 Å². The normalized spacial score (nSPS) is 11.7. The number of hydrogen-bond acceptors (Lipinski definition) is 6. The minimum atomic E-state index is -3.24. The first-order chi connectivity index (χ1) is 11.5. The second-order valence-electron chi connectivity index (χ2n) is 5.61. The van der Waals surface area contributed by atoms with Crippen LogP contribution in [0, 0.1) is 6.92 Å². The summed E-state index contributed by atoms with van der Waals surface area (Å²) in [5.41, 5.74) is 2.52. The van der Waals surface area contributed by atoms with Crippen molar-refractivity contribution in [2.45, 2.75) is 31.3 Å². The summed E-state index contributed by atoms with van der Waals surface area (Å²) in [6.07, 6.45) is 1.75. The molecule has 126 valence electrons. The van der Waals surface area contributed by atoms with Crippen molar-refractivity contribution in [2.75, 3.05) is 0 Å². The highest BCUT2D eigenvalue weighted by Crippen LogP contribution is 2.18. The topological polar surface area (TPSA) is 59.9 Å². The molecule has 0 aliphatic rings.